The van der Waals surface area contributed by atoms with Crippen LogP contribution in [0.4, 0.5) is 9.80 Å². The molecule has 1 N–H and O–H groups in total. The zero-order valence-electron chi connectivity index (χ0n) is 19.0. The van der Waals surface area contributed by atoms with Gasteiger partial charge >= 0.3 is 12.1 Å². The van der Waals surface area contributed by atoms with Gasteiger partial charge in [-0.15, -0.1) is 34.0 Å². The minimum Gasteiger partial charge on any atom is -0.465 e. The molecule has 1 aliphatic heterocycles. The number of anilines is 1. The van der Waals surface area contributed by atoms with E-state index in [9.17, 15) is 14.4 Å². The van der Waals surface area contributed by atoms with E-state index in [1.165, 1.54) is 29.8 Å². The Labute approximate surface area is 213 Å². The van der Waals surface area contributed by atoms with Crippen molar-refractivity contribution < 1.29 is 23.9 Å². The molecule has 0 radical (unpaired) electrons. The third kappa shape index (κ3) is 4.54. The highest BCUT2D eigenvalue weighted by Crippen LogP contribution is 2.39. The van der Waals surface area contributed by atoms with Crippen molar-refractivity contribution in [1.82, 2.24) is 9.88 Å². The average molecular weight is 528 g/mol. The summed E-state index contributed by atoms with van der Waals surface area (Å²) in [6.45, 7) is 2.80. The second-order valence-corrected chi connectivity index (χ2v) is 10.9. The SMILES string of the molecule is CCOC(=O)N1CCc2c(sc(NC(=O)c3ccc(-c4nc5ccccc5s4)s3)c2C(=O)OC)C1. The van der Waals surface area contributed by atoms with Crippen LogP contribution in [0.3, 0.4) is 0 Å². The first-order valence-electron chi connectivity index (χ1n) is 10.9. The van der Waals surface area contributed by atoms with Gasteiger partial charge in [-0.2, -0.15) is 0 Å². The summed E-state index contributed by atoms with van der Waals surface area (Å²) in [6, 6.07) is 11.6. The lowest BCUT2D eigenvalue weighted by molar-refractivity contribution is 0.0600. The smallest absolute Gasteiger partial charge is 0.410 e. The molecule has 4 aromatic rings. The summed E-state index contributed by atoms with van der Waals surface area (Å²) in [6.07, 6.45) is 0.0869. The van der Waals surface area contributed by atoms with Crippen LogP contribution < -0.4 is 5.32 Å². The van der Waals surface area contributed by atoms with Crippen molar-refractivity contribution in [3.63, 3.8) is 0 Å². The van der Waals surface area contributed by atoms with Crippen LogP contribution in [0.2, 0.25) is 0 Å². The van der Waals surface area contributed by atoms with Crippen LogP contribution in [0.1, 0.15) is 37.4 Å². The van der Waals surface area contributed by atoms with Gasteiger partial charge < -0.3 is 19.7 Å². The molecule has 8 nitrogen and oxygen atoms in total. The van der Waals surface area contributed by atoms with Crippen LogP contribution >= 0.6 is 34.0 Å². The second kappa shape index (κ2) is 9.76. The van der Waals surface area contributed by atoms with Gasteiger partial charge in [-0.1, -0.05) is 12.1 Å². The average Bonchev–Trinajstić information content (AvgIpc) is 3.59. The zero-order valence-corrected chi connectivity index (χ0v) is 21.4. The van der Waals surface area contributed by atoms with E-state index in [2.05, 4.69) is 10.3 Å². The number of rotatable bonds is 5. The highest BCUT2D eigenvalue weighted by atomic mass is 32.1. The monoisotopic (exact) mass is 527 g/mol. The van der Waals surface area contributed by atoms with Crippen molar-refractivity contribution in [3.8, 4) is 9.88 Å². The van der Waals surface area contributed by atoms with E-state index < -0.39 is 12.1 Å². The number of amides is 2. The molecule has 0 saturated carbocycles. The van der Waals surface area contributed by atoms with Gasteiger partial charge in [0.2, 0.25) is 0 Å². The number of carbonyl (C=O) groups is 3. The number of esters is 1. The van der Waals surface area contributed by atoms with E-state index in [0.717, 1.165) is 30.5 Å². The minimum absolute atomic E-state index is 0.293. The molecule has 5 rings (SSSR count). The Morgan fingerprint density at radius 3 is 2.71 bits per heavy atom. The molecule has 0 aliphatic carbocycles. The number of para-hydroxylation sites is 1. The minimum atomic E-state index is -0.510. The number of ether oxygens (including phenoxy) is 2. The van der Waals surface area contributed by atoms with Crippen molar-refractivity contribution in [1.29, 1.82) is 0 Å². The van der Waals surface area contributed by atoms with Crippen LogP contribution in [-0.4, -0.2) is 48.1 Å². The molecule has 2 amide bonds. The fraction of sp³-hybridized carbons (Fsp3) is 0.250. The summed E-state index contributed by atoms with van der Waals surface area (Å²) in [7, 11) is 1.31. The third-order valence-electron chi connectivity index (χ3n) is 5.53. The summed E-state index contributed by atoms with van der Waals surface area (Å²) in [5.41, 5.74) is 2.09. The van der Waals surface area contributed by atoms with Gasteiger partial charge in [0.1, 0.15) is 10.0 Å². The van der Waals surface area contributed by atoms with Crippen molar-refractivity contribution in [2.45, 2.75) is 19.9 Å². The molecule has 3 aromatic heterocycles. The largest absolute Gasteiger partial charge is 0.465 e. The summed E-state index contributed by atoms with van der Waals surface area (Å²) >= 11 is 4.21. The maximum atomic E-state index is 13.1. The van der Waals surface area contributed by atoms with Gasteiger partial charge in [0, 0.05) is 11.4 Å². The number of hydrogen-bond donors (Lipinski definition) is 1. The maximum Gasteiger partial charge on any atom is 0.410 e. The molecule has 1 aromatic carbocycles. The molecule has 0 spiro atoms. The summed E-state index contributed by atoms with van der Waals surface area (Å²) in [5.74, 6) is -0.822. The summed E-state index contributed by atoms with van der Waals surface area (Å²) in [4.78, 5) is 46.4. The van der Waals surface area contributed by atoms with E-state index in [1.807, 2.05) is 30.3 Å². The molecular formula is C24H21N3O5S3. The molecule has 4 heterocycles. The lowest BCUT2D eigenvalue weighted by atomic mass is 10.0. The number of carbonyl (C=O) groups excluding carboxylic acids is 3. The molecule has 1 aliphatic rings. The van der Waals surface area contributed by atoms with Crippen LogP contribution in [-0.2, 0) is 22.4 Å². The molecule has 180 valence electrons. The van der Waals surface area contributed by atoms with Gasteiger partial charge in [0.15, 0.2) is 0 Å². The van der Waals surface area contributed by atoms with E-state index in [-0.39, 0.29) is 5.91 Å². The highest BCUT2D eigenvalue weighted by Gasteiger charge is 2.31. The molecule has 0 fully saturated rings. The molecule has 35 heavy (non-hydrogen) atoms. The topological polar surface area (TPSA) is 97.8 Å². The Morgan fingerprint density at radius 1 is 1.11 bits per heavy atom. The number of aromatic nitrogens is 1. The van der Waals surface area contributed by atoms with Crippen LogP contribution in [0, 0.1) is 0 Å². The quantitative estimate of drug-likeness (QED) is 0.337. The number of nitrogens with one attached hydrogen (secondary N) is 1. The van der Waals surface area contributed by atoms with Gasteiger partial charge in [-0.25, -0.2) is 14.6 Å². The van der Waals surface area contributed by atoms with E-state index >= 15 is 0 Å². The third-order valence-corrected chi connectivity index (χ3v) is 8.96. The van der Waals surface area contributed by atoms with Gasteiger partial charge in [0.25, 0.3) is 5.91 Å². The standard InChI is InChI=1S/C24H21N3O5S3/c1-3-32-24(30)27-11-10-13-18(12-27)35-22(19(13)23(29)31-2)26-20(28)16-8-9-17(33-16)21-25-14-6-4-5-7-15(14)34-21/h4-9H,3,10-12H2,1-2H3,(H,26,28). The van der Waals surface area contributed by atoms with Crippen molar-refractivity contribution in [2.75, 3.05) is 25.6 Å². The Balaban J connectivity index is 1.39. The Hall–Kier alpha value is -3.28. The first kappa shape index (κ1) is 23.5. The van der Waals surface area contributed by atoms with Gasteiger partial charge in [-0.05, 0) is 43.2 Å². The fourth-order valence-corrected chi connectivity index (χ4v) is 7.07. The van der Waals surface area contributed by atoms with Crippen LogP contribution in [0.5, 0.6) is 0 Å². The number of hydrogen-bond acceptors (Lipinski definition) is 9. The second-order valence-electron chi connectivity index (χ2n) is 7.67. The maximum absolute atomic E-state index is 13.1. The fourth-order valence-electron chi connectivity index (χ4n) is 3.90. The van der Waals surface area contributed by atoms with Crippen molar-refractivity contribution >= 4 is 67.2 Å². The lowest BCUT2D eigenvalue weighted by Gasteiger charge is -2.26. The number of fused-ring (bicyclic) bond motifs is 2. The van der Waals surface area contributed by atoms with Crippen molar-refractivity contribution in [2.24, 2.45) is 0 Å². The molecule has 0 bridgehead atoms. The highest BCUT2D eigenvalue weighted by molar-refractivity contribution is 7.26. The van der Waals surface area contributed by atoms with Gasteiger partial charge in [0.05, 0.1) is 45.8 Å². The normalized spacial score (nSPS) is 12.9. The van der Waals surface area contributed by atoms with Crippen LogP contribution in [0.25, 0.3) is 20.1 Å². The van der Waals surface area contributed by atoms with E-state index in [1.54, 1.807) is 29.2 Å². The molecule has 0 saturated heterocycles. The lowest BCUT2D eigenvalue weighted by Crippen LogP contribution is -2.36. The number of nitrogens with zero attached hydrogens (tertiary/aromatic N) is 2. The Bertz CT molecular complexity index is 1400. The molecule has 0 atom stereocenters. The number of benzene rings is 1. The molecule has 11 heteroatoms. The Morgan fingerprint density at radius 2 is 1.94 bits per heavy atom. The number of methoxy groups -OCH3 is 1. The first-order valence-corrected chi connectivity index (χ1v) is 13.3. The van der Waals surface area contributed by atoms with Crippen LogP contribution in [0.15, 0.2) is 36.4 Å². The summed E-state index contributed by atoms with van der Waals surface area (Å²) < 4.78 is 11.2. The van der Waals surface area contributed by atoms with Gasteiger partial charge in [-0.3, -0.25) is 4.79 Å². The predicted octanol–water partition coefficient (Wildman–Crippen LogP) is 5.64. The summed E-state index contributed by atoms with van der Waals surface area (Å²) in [5, 5.41) is 4.18. The van der Waals surface area contributed by atoms with E-state index in [0.29, 0.717) is 41.6 Å². The molecule has 0 unspecified atom stereocenters. The number of thiazole rings is 1. The zero-order chi connectivity index (χ0) is 24.5. The van der Waals surface area contributed by atoms with Crippen molar-refractivity contribution in [3.05, 3.63) is 57.3 Å². The Kier molecular flexibility index (Phi) is 6.54. The van der Waals surface area contributed by atoms with E-state index in [4.69, 9.17) is 9.47 Å². The predicted molar refractivity (Wildman–Crippen MR) is 138 cm³/mol. The first-order chi connectivity index (χ1) is 17.0. The number of thiophene rings is 2. The molecular weight excluding hydrogens is 506 g/mol.